The highest BCUT2D eigenvalue weighted by Gasteiger charge is 2.23. The van der Waals surface area contributed by atoms with Crippen LogP contribution in [0.2, 0.25) is 0 Å². The zero-order valence-corrected chi connectivity index (χ0v) is 15.3. The molecule has 138 valence electrons. The third-order valence-corrected chi connectivity index (χ3v) is 4.89. The molecule has 1 saturated heterocycles. The lowest BCUT2D eigenvalue weighted by Crippen LogP contribution is -2.49. The molecule has 1 fully saturated rings. The number of amides is 1. The Kier molecular flexibility index (Phi) is 4.87. The van der Waals surface area contributed by atoms with Crippen LogP contribution in [0.1, 0.15) is 11.5 Å². The first-order chi connectivity index (χ1) is 13.2. The maximum absolute atomic E-state index is 12.7. The van der Waals surface area contributed by atoms with Crippen LogP contribution >= 0.6 is 0 Å². The normalized spacial score (nSPS) is 14.4. The Morgan fingerprint density at radius 2 is 1.74 bits per heavy atom. The number of hydrogen-bond acceptors (Lipinski definition) is 5. The van der Waals surface area contributed by atoms with E-state index in [-0.39, 0.29) is 12.3 Å². The highest BCUT2D eigenvalue weighted by Crippen LogP contribution is 2.22. The van der Waals surface area contributed by atoms with E-state index >= 15 is 0 Å². The molecule has 6 nitrogen and oxygen atoms in total. The van der Waals surface area contributed by atoms with Crippen molar-refractivity contribution in [2.75, 3.05) is 31.1 Å². The number of anilines is 1. The van der Waals surface area contributed by atoms with Gasteiger partial charge in [-0.25, -0.2) is 4.98 Å². The van der Waals surface area contributed by atoms with Gasteiger partial charge in [0.15, 0.2) is 0 Å². The molecule has 0 atom stereocenters. The number of benzene rings is 1. The highest BCUT2D eigenvalue weighted by molar-refractivity contribution is 5.79. The second kappa shape index (κ2) is 7.61. The van der Waals surface area contributed by atoms with Crippen LogP contribution in [0.3, 0.4) is 0 Å². The van der Waals surface area contributed by atoms with Crippen molar-refractivity contribution in [1.82, 2.24) is 14.9 Å². The molecule has 2 aromatic heterocycles. The Bertz CT molecular complexity index is 900. The van der Waals surface area contributed by atoms with Gasteiger partial charge < -0.3 is 14.2 Å². The van der Waals surface area contributed by atoms with Crippen molar-refractivity contribution >= 4 is 11.6 Å². The molecular weight excluding hydrogens is 340 g/mol. The summed E-state index contributed by atoms with van der Waals surface area (Å²) in [5.74, 6) is 1.37. The average molecular weight is 362 g/mol. The van der Waals surface area contributed by atoms with Gasteiger partial charge in [0.2, 0.25) is 11.8 Å². The van der Waals surface area contributed by atoms with Crippen LogP contribution in [-0.4, -0.2) is 47.0 Å². The first-order valence-electron chi connectivity index (χ1n) is 9.15. The fraction of sp³-hybridized carbons (Fsp3) is 0.286. The first kappa shape index (κ1) is 17.3. The monoisotopic (exact) mass is 362 g/mol. The number of nitrogens with zero attached hydrogens (tertiary/aromatic N) is 4. The lowest BCUT2D eigenvalue weighted by atomic mass is 10.2. The van der Waals surface area contributed by atoms with Gasteiger partial charge in [0.05, 0.1) is 12.1 Å². The third-order valence-electron chi connectivity index (χ3n) is 4.89. The summed E-state index contributed by atoms with van der Waals surface area (Å²) < 4.78 is 5.77. The van der Waals surface area contributed by atoms with E-state index in [4.69, 9.17) is 4.42 Å². The molecule has 27 heavy (non-hydrogen) atoms. The number of carbonyl (C=O) groups excluding carboxylic acids is 1. The number of rotatable bonds is 4. The summed E-state index contributed by atoms with van der Waals surface area (Å²) in [6, 6.07) is 13.8. The van der Waals surface area contributed by atoms with Gasteiger partial charge in [0.1, 0.15) is 5.76 Å². The number of carbonyl (C=O) groups is 1. The third kappa shape index (κ3) is 3.84. The average Bonchev–Trinajstić information content (AvgIpc) is 3.10. The van der Waals surface area contributed by atoms with E-state index in [1.165, 1.54) is 0 Å². The van der Waals surface area contributed by atoms with Crippen molar-refractivity contribution < 1.29 is 9.21 Å². The van der Waals surface area contributed by atoms with E-state index < -0.39 is 0 Å². The van der Waals surface area contributed by atoms with Crippen LogP contribution in [0, 0.1) is 6.92 Å². The molecular formula is C21H22N4O2. The van der Waals surface area contributed by atoms with E-state index in [1.807, 2.05) is 54.3 Å². The number of piperazine rings is 1. The number of hydrogen-bond donors (Lipinski definition) is 0. The predicted molar refractivity (Wildman–Crippen MR) is 103 cm³/mol. The highest BCUT2D eigenvalue weighted by atomic mass is 16.4. The van der Waals surface area contributed by atoms with Gasteiger partial charge in [-0.1, -0.05) is 18.2 Å². The maximum atomic E-state index is 12.7. The summed E-state index contributed by atoms with van der Waals surface area (Å²) in [4.78, 5) is 25.5. The fourth-order valence-electron chi connectivity index (χ4n) is 3.32. The van der Waals surface area contributed by atoms with Crippen LogP contribution < -0.4 is 4.90 Å². The quantitative estimate of drug-likeness (QED) is 0.714. The zero-order valence-electron chi connectivity index (χ0n) is 15.3. The van der Waals surface area contributed by atoms with Crippen molar-refractivity contribution in [1.29, 1.82) is 0 Å². The van der Waals surface area contributed by atoms with E-state index in [1.54, 1.807) is 12.4 Å². The number of aromatic nitrogens is 2. The Morgan fingerprint density at radius 1 is 1.04 bits per heavy atom. The molecule has 1 amide bonds. The second-order valence-corrected chi connectivity index (χ2v) is 6.64. The van der Waals surface area contributed by atoms with Gasteiger partial charge in [-0.05, 0) is 31.2 Å². The zero-order chi connectivity index (χ0) is 18.6. The molecule has 1 aromatic carbocycles. The Balaban J connectivity index is 1.38. The van der Waals surface area contributed by atoms with Crippen LogP contribution in [0.4, 0.5) is 5.69 Å². The molecule has 3 heterocycles. The standard InChI is InChI=1S/C21H22N4O2/c1-16-19(23-21(27-16)17-5-3-2-4-6-17)15-20(26)25-13-11-24(12-14-25)18-7-9-22-10-8-18/h2-10H,11-15H2,1H3. The van der Waals surface area contributed by atoms with Crippen LogP contribution in [-0.2, 0) is 11.2 Å². The molecule has 0 unspecified atom stereocenters. The predicted octanol–water partition coefficient (Wildman–Crippen LogP) is 2.94. The molecule has 0 spiro atoms. The van der Waals surface area contributed by atoms with Crippen molar-refractivity contribution in [2.24, 2.45) is 0 Å². The summed E-state index contributed by atoms with van der Waals surface area (Å²) in [5.41, 5.74) is 2.79. The lowest BCUT2D eigenvalue weighted by molar-refractivity contribution is -0.130. The van der Waals surface area contributed by atoms with E-state index in [0.717, 1.165) is 30.0 Å². The van der Waals surface area contributed by atoms with E-state index in [2.05, 4.69) is 14.9 Å². The molecule has 1 aliphatic heterocycles. The van der Waals surface area contributed by atoms with Crippen molar-refractivity contribution in [3.63, 3.8) is 0 Å². The molecule has 0 saturated carbocycles. The first-order valence-corrected chi connectivity index (χ1v) is 9.15. The smallest absolute Gasteiger partial charge is 0.228 e. The lowest BCUT2D eigenvalue weighted by Gasteiger charge is -2.36. The Morgan fingerprint density at radius 3 is 2.44 bits per heavy atom. The van der Waals surface area contributed by atoms with Crippen molar-refractivity contribution in [2.45, 2.75) is 13.3 Å². The Hall–Kier alpha value is -3.15. The topological polar surface area (TPSA) is 62.5 Å². The minimum Gasteiger partial charge on any atom is -0.441 e. The fourth-order valence-corrected chi connectivity index (χ4v) is 3.32. The van der Waals surface area contributed by atoms with Crippen LogP contribution in [0.15, 0.2) is 59.3 Å². The van der Waals surface area contributed by atoms with Gasteiger partial charge in [-0.3, -0.25) is 9.78 Å². The van der Waals surface area contributed by atoms with E-state index in [9.17, 15) is 4.79 Å². The SMILES string of the molecule is Cc1oc(-c2ccccc2)nc1CC(=O)N1CCN(c2ccncc2)CC1. The number of aryl methyl sites for hydroxylation is 1. The Labute approximate surface area is 158 Å². The van der Waals surface area contributed by atoms with Gasteiger partial charge in [-0.2, -0.15) is 0 Å². The minimum absolute atomic E-state index is 0.0976. The van der Waals surface area contributed by atoms with Crippen molar-refractivity contribution in [3.05, 3.63) is 66.3 Å². The second-order valence-electron chi connectivity index (χ2n) is 6.64. The van der Waals surface area contributed by atoms with Crippen LogP contribution in [0.25, 0.3) is 11.5 Å². The summed E-state index contributed by atoms with van der Waals surface area (Å²) in [5, 5.41) is 0. The molecule has 4 rings (SSSR count). The number of pyridine rings is 1. The molecule has 0 N–H and O–H groups in total. The summed E-state index contributed by atoms with van der Waals surface area (Å²) in [6.07, 6.45) is 3.87. The van der Waals surface area contributed by atoms with Crippen molar-refractivity contribution in [3.8, 4) is 11.5 Å². The largest absolute Gasteiger partial charge is 0.441 e. The van der Waals surface area contributed by atoms with Gasteiger partial charge in [0, 0.05) is 49.8 Å². The van der Waals surface area contributed by atoms with Gasteiger partial charge in [0.25, 0.3) is 0 Å². The van der Waals surface area contributed by atoms with Crippen LogP contribution in [0.5, 0.6) is 0 Å². The molecule has 0 radical (unpaired) electrons. The van der Waals surface area contributed by atoms with E-state index in [0.29, 0.717) is 24.7 Å². The van der Waals surface area contributed by atoms with Gasteiger partial charge >= 0.3 is 0 Å². The van der Waals surface area contributed by atoms with Gasteiger partial charge in [-0.15, -0.1) is 0 Å². The molecule has 1 aliphatic rings. The summed E-state index contributed by atoms with van der Waals surface area (Å²) >= 11 is 0. The summed E-state index contributed by atoms with van der Waals surface area (Å²) in [6.45, 7) is 4.93. The summed E-state index contributed by atoms with van der Waals surface area (Å²) in [7, 11) is 0. The molecule has 0 aliphatic carbocycles. The molecule has 6 heteroatoms. The number of oxazole rings is 1. The maximum Gasteiger partial charge on any atom is 0.228 e. The molecule has 0 bridgehead atoms. The minimum atomic E-state index is 0.0976. The molecule has 3 aromatic rings.